The number of aliphatic imine (C=N–C) groups is 1. The second-order valence-corrected chi connectivity index (χ2v) is 7.76. The number of aliphatic hydroxyl groups excluding tert-OH is 1. The normalized spacial score (nSPS) is 20.3. The lowest BCUT2D eigenvalue weighted by atomic mass is 10.00. The first kappa shape index (κ1) is 25.3. The van der Waals surface area contributed by atoms with Gasteiger partial charge in [0.25, 0.3) is 0 Å². The standard InChI is InChI=1S/C22H36N4O3.HI/c1-2-23-22(24-10-5-12-29-21-9-13-28-17-21)25-14-20(27)16-26-11-8-18-6-3-4-7-19(18)15-26;/h3-4,6-7,20-21,27H,2,5,8-17H2,1H3,(H2,23,24,25);1H. The van der Waals surface area contributed by atoms with Crippen LogP contribution in [0.25, 0.3) is 0 Å². The summed E-state index contributed by atoms with van der Waals surface area (Å²) in [7, 11) is 0. The molecule has 0 amide bonds. The van der Waals surface area contributed by atoms with E-state index in [0.29, 0.717) is 13.1 Å². The third-order valence-electron chi connectivity index (χ3n) is 5.34. The van der Waals surface area contributed by atoms with Crippen molar-refractivity contribution in [2.75, 3.05) is 52.5 Å². The summed E-state index contributed by atoms with van der Waals surface area (Å²) in [5, 5.41) is 17.0. The van der Waals surface area contributed by atoms with E-state index in [1.807, 2.05) is 6.92 Å². The van der Waals surface area contributed by atoms with Crippen LogP contribution in [0.5, 0.6) is 0 Å². The van der Waals surface area contributed by atoms with Crippen LogP contribution in [0.2, 0.25) is 0 Å². The number of benzene rings is 1. The van der Waals surface area contributed by atoms with Crippen molar-refractivity contribution in [2.45, 2.75) is 44.9 Å². The Balaban J connectivity index is 0.00000320. The number of nitrogens with zero attached hydrogens (tertiary/aromatic N) is 2. The Kier molecular flexibility index (Phi) is 12.0. The van der Waals surface area contributed by atoms with Crippen molar-refractivity contribution in [3.05, 3.63) is 35.4 Å². The Hall–Kier alpha value is -0.940. The molecular formula is C22H37IN4O3. The Morgan fingerprint density at radius 1 is 1.33 bits per heavy atom. The maximum absolute atomic E-state index is 10.5. The minimum atomic E-state index is -0.471. The van der Waals surface area contributed by atoms with Crippen LogP contribution in [-0.4, -0.2) is 80.7 Å². The molecule has 0 spiro atoms. The molecule has 1 fully saturated rings. The predicted octanol–water partition coefficient (Wildman–Crippen LogP) is 1.77. The largest absolute Gasteiger partial charge is 0.390 e. The second-order valence-electron chi connectivity index (χ2n) is 7.76. The van der Waals surface area contributed by atoms with Gasteiger partial charge >= 0.3 is 0 Å². The summed E-state index contributed by atoms with van der Waals surface area (Å²) in [5.74, 6) is 0.750. The molecule has 0 aromatic heterocycles. The summed E-state index contributed by atoms with van der Waals surface area (Å²) in [6.07, 6.45) is 2.75. The molecule has 2 aliphatic heterocycles. The van der Waals surface area contributed by atoms with Crippen LogP contribution < -0.4 is 10.6 Å². The first-order valence-corrected chi connectivity index (χ1v) is 10.9. The molecule has 0 radical (unpaired) electrons. The monoisotopic (exact) mass is 532 g/mol. The number of rotatable bonds is 10. The van der Waals surface area contributed by atoms with Gasteiger partial charge in [-0.3, -0.25) is 9.89 Å². The maximum Gasteiger partial charge on any atom is 0.191 e. The van der Waals surface area contributed by atoms with Crippen LogP contribution in [0, 0.1) is 0 Å². The number of β-amino-alcohol motifs (C(OH)–C–C–N with tert-alkyl or cyclic N) is 1. The van der Waals surface area contributed by atoms with Gasteiger partial charge in [-0.2, -0.15) is 0 Å². The molecule has 0 aliphatic carbocycles. The third-order valence-corrected chi connectivity index (χ3v) is 5.34. The van der Waals surface area contributed by atoms with Crippen LogP contribution in [-0.2, 0) is 22.4 Å². The van der Waals surface area contributed by atoms with Crippen molar-refractivity contribution in [3.63, 3.8) is 0 Å². The molecule has 1 aromatic carbocycles. The van der Waals surface area contributed by atoms with Crippen molar-refractivity contribution < 1.29 is 14.6 Å². The molecule has 170 valence electrons. The van der Waals surface area contributed by atoms with E-state index in [-0.39, 0.29) is 30.1 Å². The molecule has 1 saturated heterocycles. The molecule has 0 saturated carbocycles. The molecule has 7 nitrogen and oxygen atoms in total. The van der Waals surface area contributed by atoms with Gasteiger partial charge in [-0.25, -0.2) is 0 Å². The SMILES string of the molecule is CCNC(=NCC(O)CN1CCc2ccccc2C1)NCCCOC1CCOC1.I. The van der Waals surface area contributed by atoms with E-state index in [0.717, 1.165) is 71.2 Å². The summed E-state index contributed by atoms with van der Waals surface area (Å²) in [5.41, 5.74) is 2.80. The molecule has 2 unspecified atom stereocenters. The van der Waals surface area contributed by atoms with Crippen LogP contribution >= 0.6 is 24.0 Å². The molecule has 3 rings (SSSR count). The van der Waals surface area contributed by atoms with Crippen LogP contribution in [0.15, 0.2) is 29.3 Å². The summed E-state index contributed by atoms with van der Waals surface area (Å²) in [4.78, 5) is 6.87. The lowest BCUT2D eigenvalue weighted by Gasteiger charge is -2.30. The quantitative estimate of drug-likeness (QED) is 0.185. The maximum atomic E-state index is 10.5. The fourth-order valence-electron chi connectivity index (χ4n) is 3.78. The first-order valence-electron chi connectivity index (χ1n) is 10.9. The highest BCUT2D eigenvalue weighted by Crippen LogP contribution is 2.18. The van der Waals surface area contributed by atoms with Crippen molar-refractivity contribution in [1.29, 1.82) is 0 Å². The number of fused-ring (bicyclic) bond motifs is 1. The zero-order valence-electron chi connectivity index (χ0n) is 18.0. The minimum Gasteiger partial charge on any atom is -0.390 e. The minimum absolute atomic E-state index is 0. The number of hydrogen-bond acceptors (Lipinski definition) is 5. The summed E-state index contributed by atoms with van der Waals surface area (Å²) < 4.78 is 11.1. The Morgan fingerprint density at radius 2 is 2.17 bits per heavy atom. The third kappa shape index (κ3) is 8.66. The van der Waals surface area contributed by atoms with E-state index in [1.54, 1.807) is 0 Å². The van der Waals surface area contributed by atoms with Crippen molar-refractivity contribution >= 4 is 29.9 Å². The summed E-state index contributed by atoms with van der Waals surface area (Å²) in [6, 6.07) is 8.57. The second kappa shape index (κ2) is 14.2. The highest BCUT2D eigenvalue weighted by molar-refractivity contribution is 14.0. The lowest BCUT2D eigenvalue weighted by Crippen LogP contribution is -2.40. The number of ether oxygens (including phenoxy) is 2. The fourth-order valence-corrected chi connectivity index (χ4v) is 3.78. The smallest absolute Gasteiger partial charge is 0.191 e. The van der Waals surface area contributed by atoms with E-state index in [4.69, 9.17) is 9.47 Å². The number of hydrogen-bond donors (Lipinski definition) is 3. The van der Waals surface area contributed by atoms with E-state index in [1.165, 1.54) is 11.1 Å². The Labute approximate surface area is 197 Å². The molecular weight excluding hydrogens is 495 g/mol. The topological polar surface area (TPSA) is 78.4 Å². The lowest BCUT2D eigenvalue weighted by molar-refractivity contribution is 0.0420. The number of aliphatic hydroxyl groups is 1. The van der Waals surface area contributed by atoms with Crippen LogP contribution in [0.4, 0.5) is 0 Å². The van der Waals surface area contributed by atoms with Gasteiger partial charge in [0.1, 0.15) is 0 Å². The molecule has 2 atom stereocenters. The molecule has 8 heteroatoms. The number of halogens is 1. The van der Waals surface area contributed by atoms with Gasteiger partial charge in [-0.15, -0.1) is 24.0 Å². The molecule has 2 heterocycles. The van der Waals surface area contributed by atoms with Gasteiger partial charge in [0.05, 0.1) is 25.4 Å². The average molecular weight is 532 g/mol. The summed E-state index contributed by atoms with van der Waals surface area (Å²) >= 11 is 0. The zero-order chi connectivity index (χ0) is 20.3. The van der Waals surface area contributed by atoms with Gasteiger partial charge in [-0.05, 0) is 37.3 Å². The zero-order valence-corrected chi connectivity index (χ0v) is 20.3. The molecule has 30 heavy (non-hydrogen) atoms. The van der Waals surface area contributed by atoms with Crippen molar-refractivity contribution in [3.8, 4) is 0 Å². The average Bonchev–Trinajstić information content (AvgIpc) is 3.25. The molecule has 1 aromatic rings. The predicted molar refractivity (Wildman–Crippen MR) is 131 cm³/mol. The van der Waals surface area contributed by atoms with Crippen molar-refractivity contribution in [2.24, 2.45) is 4.99 Å². The van der Waals surface area contributed by atoms with Gasteiger partial charge < -0.3 is 25.2 Å². The van der Waals surface area contributed by atoms with E-state index < -0.39 is 6.10 Å². The van der Waals surface area contributed by atoms with Gasteiger partial charge in [-0.1, -0.05) is 24.3 Å². The summed E-state index contributed by atoms with van der Waals surface area (Å²) in [6.45, 7) is 8.81. The number of nitrogens with one attached hydrogen (secondary N) is 2. The highest BCUT2D eigenvalue weighted by atomic mass is 127. The molecule has 2 aliphatic rings. The van der Waals surface area contributed by atoms with Gasteiger partial charge in [0.2, 0.25) is 0 Å². The van der Waals surface area contributed by atoms with Gasteiger partial charge in [0.15, 0.2) is 5.96 Å². The highest BCUT2D eigenvalue weighted by Gasteiger charge is 2.18. The molecule has 0 bridgehead atoms. The Bertz CT molecular complexity index is 641. The first-order chi connectivity index (χ1) is 14.2. The van der Waals surface area contributed by atoms with Crippen LogP contribution in [0.3, 0.4) is 0 Å². The number of guanidine groups is 1. The molecule has 3 N–H and O–H groups in total. The fraction of sp³-hybridized carbons (Fsp3) is 0.682. The van der Waals surface area contributed by atoms with E-state index >= 15 is 0 Å². The van der Waals surface area contributed by atoms with Gasteiger partial charge in [0, 0.05) is 45.9 Å². The van der Waals surface area contributed by atoms with Crippen LogP contribution in [0.1, 0.15) is 30.9 Å². The van der Waals surface area contributed by atoms with E-state index in [2.05, 4.69) is 44.8 Å². The van der Waals surface area contributed by atoms with E-state index in [9.17, 15) is 5.11 Å². The van der Waals surface area contributed by atoms with Crippen molar-refractivity contribution in [1.82, 2.24) is 15.5 Å². The Morgan fingerprint density at radius 3 is 2.93 bits per heavy atom.